The number of hydrogen-bond donors (Lipinski definition) is 3. The molecule has 7 heteroatoms. The highest BCUT2D eigenvalue weighted by molar-refractivity contribution is 5.76. The summed E-state index contributed by atoms with van der Waals surface area (Å²) in [5.41, 5.74) is 8.70. The molecule has 3 atom stereocenters. The van der Waals surface area contributed by atoms with E-state index in [-0.39, 0.29) is 30.4 Å². The number of nitrogens with one attached hydrogen (secondary N) is 2. The highest BCUT2D eigenvalue weighted by Crippen LogP contribution is 2.55. The summed E-state index contributed by atoms with van der Waals surface area (Å²) in [6.45, 7) is 2.83. The van der Waals surface area contributed by atoms with E-state index in [2.05, 4.69) is 131 Å². The predicted molar refractivity (Wildman–Crippen MR) is 224 cm³/mol. The zero-order valence-corrected chi connectivity index (χ0v) is 32.8. The van der Waals surface area contributed by atoms with Crippen molar-refractivity contribution in [2.24, 2.45) is 17.8 Å². The number of urea groups is 1. The molecule has 4 bridgehead atoms. The van der Waals surface area contributed by atoms with Crippen LogP contribution in [0, 0.1) is 17.8 Å². The van der Waals surface area contributed by atoms with E-state index in [4.69, 9.17) is 9.47 Å². The smallest absolute Gasteiger partial charge is 0.315 e. The van der Waals surface area contributed by atoms with E-state index in [9.17, 15) is 9.90 Å². The molecule has 7 nitrogen and oxygen atoms in total. The minimum absolute atomic E-state index is 0.00861. The number of carbonyl (C=O) groups excluding carboxylic acids is 1. The van der Waals surface area contributed by atoms with Crippen LogP contribution in [0.2, 0.25) is 0 Å². The van der Waals surface area contributed by atoms with Crippen LogP contribution in [0.1, 0.15) is 90.7 Å². The maximum atomic E-state index is 13.3. The first-order valence-electron chi connectivity index (χ1n) is 21.0. The number of hydrogen-bond acceptors (Lipinski definition) is 5. The van der Waals surface area contributed by atoms with Gasteiger partial charge in [-0.1, -0.05) is 133 Å². The SMILES string of the molecule is O=C(NCc1ccccc1-c1ccc([C@H]2O[C@@H](CN(Cc3ccccc3)Cc3ccccc3)C[C@@H](c3ccc(CO)cc3)O2)cc1)NC12CC3CC(CC(C3)C1)C2. The molecule has 294 valence electrons. The maximum Gasteiger partial charge on any atom is 0.315 e. The van der Waals surface area contributed by atoms with E-state index in [1.54, 1.807) is 0 Å². The van der Waals surface area contributed by atoms with Crippen LogP contribution in [-0.2, 0) is 35.7 Å². The van der Waals surface area contributed by atoms with Crippen LogP contribution >= 0.6 is 0 Å². The normalized spacial score (nSPS) is 26.4. The molecule has 4 aliphatic carbocycles. The summed E-state index contributed by atoms with van der Waals surface area (Å²) < 4.78 is 13.6. The van der Waals surface area contributed by atoms with Gasteiger partial charge in [0.15, 0.2) is 6.29 Å². The van der Waals surface area contributed by atoms with Crippen molar-refractivity contribution in [3.8, 4) is 11.1 Å². The summed E-state index contributed by atoms with van der Waals surface area (Å²) in [5.74, 6) is 2.36. The molecule has 0 unspecified atom stereocenters. The Kier molecular flexibility index (Phi) is 11.2. The van der Waals surface area contributed by atoms with Gasteiger partial charge in [0.2, 0.25) is 0 Å². The molecule has 5 aliphatic rings. The van der Waals surface area contributed by atoms with Crippen LogP contribution in [0.4, 0.5) is 4.79 Å². The van der Waals surface area contributed by atoms with Crippen molar-refractivity contribution in [2.75, 3.05) is 6.54 Å². The van der Waals surface area contributed by atoms with Gasteiger partial charge in [-0.3, -0.25) is 4.90 Å². The molecule has 2 amide bonds. The minimum atomic E-state index is -0.555. The van der Waals surface area contributed by atoms with Gasteiger partial charge in [0.1, 0.15) is 0 Å². The molecule has 4 saturated carbocycles. The molecule has 5 aromatic rings. The number of ether oxygens (including phenoxy) is 2. The molecule has 0 radical (unpaired) electrons. The Balaban J connectivity index is 0.910. The van der Waals surface area contributed by atoms with E-state index in [1.165, 1.54) is 30.4 Å². The second kappa shape index (κ2) is 17.0. The second-order valence-corrected chi connectivity index (χ2v) is 17.3. The van der Waals surface area contributed by atoms with Crippen molar-refractivity contribution in [2.45, 2.75) is 95.2 Å². The molecular weight excluding hydrogens is 707 g/mol. The first-order chi connectivity index (χ1) is 28.0. The van der Waals surface area contributed by atoms with Gasteiger partial charge in [-0.05, 0) is 95.2 Å². The summed E-state index contributed by atoms with van der Waals surface area (Å²) in [7, 11) is 0. The first kappa shape index (κ1) is 37.8. The van der Waals surface area contributed by atoms with Gasteiger partial charge in [0.05, 0.1) is 18.8 Å². The highest BCUT2D eigenvalue weighted by Gasteiger charge is 2.51. The predicted octanol–water partition coefficient (Wildman–Crippen LogP) is 9.86. The zero-order chi connectivity index (χ0) is 38.6. The third kappa shape index (κ3) is 9.03. The standard InChI is InChI=1S/C50H55N3O4/c54-34-37-15-17-42(18-16-37)47-26-45(33-53(31-35-9-3-1-4-10-35)32-36-11-5-2-6-12-36)56-48(57-47)43-21-19-41(20-22-43)46-14-8-7-13-44(46)30-51-49(55)52-50-27-38-23-39(28-50)25-40(24-38)29-50/h1-22,38-40,45,47-48,54H,23-34H2,(H2,51,52,55)/t38?,39?,40?,45-,47+,48+,50?/m1/s1. The third-order valence-electron chi connectivity index (χ3n) is 12.9. The topological polar surface area (TPSA) is 83.1 Å². The van der Waals surface area contributed by atoms with E-state index in [0.717, 1.165) is 90.0 Å². The molecule has 5 fully saturated rings. The molecule has 5 aromatic carbocycles. The Morgan fingerprint density at radius 3 is 1.84 bits per heavy atom. The lowest BCUT2D eigenvalue weighted by molar-refractivity contribution is -0.253. The Hall–Kier alpha value is -4.79. The van der Waals surface area contributed by atoms with Gasteiger partial charge in [0, 0.05) is 43.7 Å². The average Bonchev–Trinajstić information content (AvgIpc) is 3.23. The van der Waals surface area contributed by atoms with E-state index < -0.39 is 6.29 Å². The average molecular weight is 762 g/mol. The van der Waals surface area contributed by atoms with Crippen LogP contribution in [-0.4, -0.2) is 34.2 Å². The van der Waals surface area contributed by atoms with Crippen LogP contribution in [0.3, 0.4) is 0 Å². The fourth-order valence-corrected chi connectivity index (χ4v) is 10.7. The number of rotatable bonds is 13. The summed E-state index contributed by atoms with van der Waals surface area (Å²) in [6.07, 6.45) is 7.39. The quantitative estimate of drug-likeness (QED) is 0.111. The van der Waals surface area contributed by atoms with Crippen LogP contribution in [0.15, 0.2) is 133 Å². The van der Waals surface area contributed by atoms with Gasteiger partial charge in [-0.2, -0.15) is 0 Å². The zero-order valence-electron chi connectivity index (χ0n) is 32.8. The molecule has 57 heavy (non-hydrogen) atoms. The molecule has 1 saturated heterocycles. The van der Waals surface area contributed by atoms with Crippen molar-refractivity contribution in [3.63, 3.8) is 0 Å². The third-order valence-corrected chi connectivity index (χ3v) is 12.9. The van der Waals surface area contributed by atoms with Gasteiger partial charge in [0.25, 0.3) is 0 Å². The van der Waals surface area contributed by atoms with Gasteiger partial charge < -0.3 is 25.2 Å². The Morgan fingerprint density at radius 2 is 1.23 bits per heavy atom. The summed E-state index contributed by atoms with van der Waals surface area (Å²) in [5, 5.41) is 16.4. The van der Waals surface area contributed by atoms with Crippen molar-refractivity contribution >= 4 is 6.03 Å². The van der Waals surface area contributed by atoms with Gasteiger partial charge in [-0.15, -0.1) is 0 Å². The molecule has 1 heterocycles. The van der Waals surface area contributed by atoms with Crippen LogP contribution < -0.4 is 10.6 Å². The summed E-state index contributed by atoms with van der Waals surface area (Å²) in [4.78, 5) is 15.8. The van der Waals surface area contributed by atoms with Crippen LogP contribution in [0.5, 0.6) is 0 Å². The Labute approximate surface area is 337 Å². The van der Waals surface area contributed by atoms with Crippen molar-refractivity contribution in [1.29, 1.82) is 0 Å². The van der Waals surface area contributed by atoms with Gasteiger partial charge in [-0.25, -0.2) is 4.79 Å². The first-order valence-corrected chi connectivity index (χ1v) is 21.0. The number of benzene rings is 5. The highest BCUT2D eigenvalue weighted by atomic mass is 16.7. The molecule has 1 aliphatic heterocycles. The molecule has 0 spiro atoms. The van der Waals surface area contributed by atoms with E-state index in [1.807, 2.05) is 18.2 Å². The molecule has 0 aromatic heterocycles. The number of carbonyl (C=O) groups is 1. The van der Waals surface area contributed by atoms with Gasteiger partial charge >= 0.3 is 6.03 Å². The number of aliphatic hydroxyl groups is 1. The molecular formula is C50H55N3O4. The van der Waals surface area contributed by atoms with E-state index >= 15 is 0 Å². The summed E-state index contributed by atoms with van der Waals surface area (Å²) in [6, 6.07) is 46.2. The van der Waals surface area contributed by atoms with Crippen molar-refractivity contribution in [1.82, 2.24) is 15.5 Å². The number of aliphatic hydroxyl groups excluding tert-OH is 1. The van der Waals surface area contributed by atoms with E-state index in [0.29, 0.717) is 13.0 Å². The molecule has 3 N–H and O–H groups in total. The molecule has 10 rings (SSSR count). The fraction of sp³-hybridized carbons (Fsp3) is 0.380. The largest absolute Gasteiger partial charge is 0.392 e. The summed E-state index contributed by atoms with van der Waals surface area (Å²) >= 11 is 0. The lowest BCUT2D eigenvalue weighted by atomic mass is 9.53. The number of amides is 2. The monoisotopic (exact) mass is 761 g/mol. The Bertz CT molecular complexity index is 2010. The van der Waals surface area contributed by atoms with Crippen LogP contribution in [0.25, 0.3) is 11.1 Å². The van der Waals surface area contributed by atoms with Crippen molar-refractivity contribution < 1.29 is 19.4 Å². The van der Waals surface area contributed by atoms with Crippen molar-refractivity contribution in [3.05, 3.63) is 167 Å². The fourth-order valence-electron chi connectivity index (χ4n) is 10.7. The Morgan fingerprint density at radius 1 is 0.649 bits per heavy atom. The minimum Gasteiger partial charge on any atom is -0.392 e. The second-order valence-electron chi connectivity index (χ2n) is 17.3. The number of nitrogens with zero attached hydrogens (tertiary/aromatic N) is 1. The lowest BCUT2D eigenvalue weighted by Gasteiger charge is -2.56. The lowest BCUT2D eigenvalue weighted by Crippen LogP contribution is -2.61. The maximum absolute atomic E-state index is 13.3.